The lowest BCUT2D eigenvalue weighted by Crippen LogP contribution is -2.39. The number of sulfone groups is 1. The number of fused-ring (bicyclic) bond motifs is 1. The van der Waals surface area contributed by atoms with Gasteiger partial charge in [-0.1, -0.05) is 36.4 Å². The fraction of sp³-hybridized carbons (Fsp3) is 0.174. The van der Waals surface area contributed by atoms with Crippen LogP contribution in [0.5, 0.6) is 11.5 Å². The molecule has 0 spiro atoms. The van der Waals surface area contributed by atoms with E-state index in [2.05, 4.69) is 0 Å². The van der Waals surface area contributed by atoms with E-state index in [-0.39, 0.29) is 11.3 Å². The first-order valence-corrected chi connectivity index (χ1v) is 10.7. The minimum atomic E-state index is -3.88. The first-order chi connectivity index (χ1) is 13.9. The molecule has 0 aliphatic carbocycles. The summed E-state index contributed by atoms with van der Waals surface area (Å²) in [4.78, 5) is 12.5. The maximum absolute atomic E-state index is 13.2. The molecule has 1 aliphatic heterocycles. The Labute approximate surface area is 169 Å². The summed E-state index contributed by atoms with van der Waals surface area (Å²) in [6.45, 7) is 1.85. The molecule has 6 heteroatoms. The van der Waals surface area contributed by atoms with E-state index < -0.39 is 21.1 Å². The Hall–Kier alpha value is -3.12. The molecule has 0 saturated heterocycles. The van der Waals surface area contributed by atoms with Gasteiger partial charge in [-0.3, -0.25) is 4.79 Å². The summed E-state index contributed by atoms with van der Waals surface area (Å²) < 4.78 is 36.8. The van der Waals surface area contributed by atoms with E-state index in [0.29, 0.717) is 11.3 Å². The van der Waals surface area contributed by atoms with Crippen molar-refractivity contribution >= 4 is 15.8 Å². The second-order valence-electron chi connectivity index (χ2n) is 6.97. The van der Waals surface area contributed by atoms with Crippen LogP contribution in [0, 0.1) is 6.92 Å². The van der Waals surface area contributed by atoms with E-state index in [4.69, 9.17) is 9.47 Å². The first kappa shape index (κ1) is 19.2. The van der Waals surface area contributed by atoms with Crippen molar-refractivity contribution in [3.63, 3.8) is 0 Å². The molecule has 0 aromatic heterocycles. The molecule has 0 saturated carbocycles. The van der Waals surface area contributed by atoms with Gasteiger partial charge in [-0.05, 0) is 59.5 Å². The van der Waals surface area contributed by atoms with Gasteiger partial charge in [-0.2, -0.15) is 0 Å². The van der Waals surface area contributed by atoms with Gasteiger partial charge in [0, 0.05) is 6.42 Å². The average molecular weight is 408 g/mol. The van der Waals surface area contributed by atoms with E-state index in [1.807, 2.05) is 31.2 Å². The lowest BCUT2D eigenvalue weighted by Gasteiger charge is -2.23. The molecule has 1 aliphatic rings. The van der Waals surface area contributed by atoms with Crippen molar-refractivity contribution in [1.82, 2.24) is 0 Å². The summed E-state index contributed by atoms with van der Waals surface area (Å²) in [7, 11) is -2.27. The Balaban J connectivity index is 1.67. The lowest BCUT2D eigenvalue weighted by atomic mass is 10.0. The van der Waals surface area contributed by atoms with Crippen molar-refractivity contribution in [2.45, 2.75) is 23.5 Å². The van der Waals surface area contributed by atoms with E-state index in [9.17, 15) is 13.2 Å². The Morgan fingerprint density at radius 2 is 1.72 bits per heavy atom. The Bertz CT molecular complexity index is 1180. The number of rotatable bonds is 4. The van der Waals surface area contributed by atoms with Crippen LogP contribution in [0.4, 0.5) is 0 Å². The second kappa shape index (κ2) is 7.37. The van der Waals surface area contributed by atoms with Crippen LogP contribution in [0.25, 0.3) is 11.1 Å². The van der Waals surface area contributed by atoms with Crippen molar-refractivity contribution in [2.24, 2.45) is 0 Å². The van der Waals surface area contributed by atoms with Crippen molar-refractivity contribution in [1.29, 1.82) is 0 Å². The molecular formula is C23H20O5S. The molecule has 0 N–H and O–H groups in total. The number of hydrogen-bond acceptors (Lipinski definition) is 5. The minimum absolute atomic E-state index is 0.108. The standard InChI is InChI=1S/C23H20O5S/c1-15-13-19(11-12-20(15)16-7-9-18(27-2)10-8-16)29(25,26)22-14-17-5-3-4-6-21(17)28-23(22)24/h3-13,22H,14H2,1-2H3. The van der Waals surface area contributed by atoms with Gasteiger partial charge in [0.1, 0.15) is 11.5 Å². The SMILES string of the molecule is COc1ccc(-c2ccc(S(=O)(=O)C3Cc4ccccc4OC3=O)cc2C)cc1. The quantitative estimate of drug-likeness (QED) is 0.483. The Morgan fingerprint density at radius 1 is 1.00 bits per heavy atom. The zero-order chi connectivity index (χ0) is 20.6. The van der Waals surface area contributed by atoms with Gasteiger partial charge in [-0.25, -0.2) is 8.42 Å². The predicted molar refractivity (Wildman–Crippen MR) is 110 cm³/mol. The molecule has 148 valence electrons. The van der Waals surface area contributed by atoms with Gasteiger partial charge in [0.2, 0.25) is 0 Å². The maximum atomic E-state index is 13.2. The monoisotopic (exact) mass is 408 g/mol. The van der Waals surface area contributed by atoms with Crippen molar-refractivity contribution < 1.29 is 22.7 Å². The summed E-state index contributed by atoms with van der Waals surface area (Å²) in [5.41, 5.74) is 3.40. The summed E-state index contributed by atoms with van der Waals surface area (Å²) in [6, 6.07) is 19.5. The van der Waals surface area contributed by atoms with Gasteiger partial charge < -0.3 is 9.47 Å². The van der Waals surface area contributed by atoms with Crippen LogP contribution in [0.3, 0.4) is 0 Å². The summed E-state index contributed by atoms with van der Waals surface area (Å²) in [5, 5.41) is -1.25. The van der Waals surface area contributed by atoms with Crippen LogP contribution in [0.2, 0.25) is 0 Å². The van der Waals surface area contributed by atoms with Gasteiger partial charge in [0.25, 0.3) is 0 Å². The molecule has 0 bridgehead atoms. The number of aryl methyl sites for hydroxylation is 1. The molecule has 3 aromatic carbocycles. The number of ether oxygens (including phenoxy) is 2. The van der Waals surface area contributed by atoms with Crippen LogP contribution in [0.1, 0.15) is 11.1 Å². The van der Waals surface area contributed by atoms with Crippen LogP contribution >= 0.6 is 0 Å². The molecule has 4 rings (SSSR count). The molecular weight excluding hydrogens is 388 g/mol. The fourth-order valence-electron chi connectivity index (χ4n) is 3.54. The van der Waals surface area contributed by atoms with E-state index in [1.165, 1.54) is 0 Å². The largest absolute Gasteiger partial charge is 0.497 e. The predicted octanol–water partition coefficient (Wildman–Crippen LogP) is 3.97. The number of esters is 1. The molecule has 1 atom stereocenters. The van der Waals surface area contributed by atoms with Crippen LogP contribution in [-0.2, 0) is 21.1 Å². The highest BCUT2D eigenvalue weighted by Crippen LogP contribution is 2.32. The Morgan fingerprint density at radius 3 is 2.41 bits per heavy atom. The third-order valence-corrected chi connectivity index (χ3v) is 7.17. The second-order valence-corrected chi connectivity index (χ2v) is 9.10. The highest BCUT2D eigenvalue weighted by atomic mass is 32.2. The van der Waals surface area contributed by atoms with Gasteiger partial charge in [0.05, 0.1) is 12.0 Å². The normalized spacial score (nSPS) is 16.1. The lowest BCUT2D eigenvalue weighted by molar-refractivity contribution is -0.134. The molecule has 0 radical (unpaired) electrons. The number of methoxy groups -OCH3 is 1. The smallest absolute Gasteiger partial charge is 0.330 e. The molecule has 0 amide bonds. The van der Waals surface area contributed by atoms with Crippen LogP contribution < -0.4 is 9.47 Å². The summed E-state index contributed by atoms with van der Waals surface area (Å²) in [6.07, 6.45) is 0.108. The topological polar surface area (TPSA) is 69.7 Å². The van der Waals surface area contributed by atoms with Gasteiger partial charge >= 0.3 is 5.97 Å². The van der Waals surface area contributed by atoms with Crippen LogP contribution in [-0.4, -0.2) is 26.7 Å². The number of para-hydroxylation sites is 1. The van der Waals surface area contributed by atoms with Crippen molar-refractivity contribution in [3.05, 3.63) is 77.9 Å². The first-order valence-electron chi connectivity index (χ1n) is 9.19. The molecule has 0 fully saturated rings. The fourth-order valence-corrected chi connectivity index (χ4v) is 5.17. The van der Waals surface area contributed by atoms with Crippen molar-refractivity contribution in [2.75, 3.05) is 7.11 Å². The van der Waals surface area contributed by atoms with Gasteiger partial charge in [0.15, 0.2) is 15.1 Å². The summed E-state index contributed by atoms with van der Waals surface area (Å²) in [5.74, 6) is 0.442. The minimum Gasteiger partial charge on any atom is -0.497 e. The van der Waals surface area contributed by atoms with Gasteiger partial charge in [-0.15, -0.1) is 0 Å². The molecule has 1 heterocycles. The Kier molecular flexibility index (Phi) is 4.88. The molecule has 1 unspecified atom stereocenters. The van der Waals surface area contributed by atoms with E-state index in [0.717, 1.165) is 22.4 Å². The zero-order valence-electron chi connectivity index (χ0n) is 16.1. The highest BCUT2D eigenvalue weighted by molar-refractivity contribution is 7.92. The number of carbonyl (C=O) groups excluding carboxylic acids is 1. The van der Waals surface area contributed by atoms with E-state index >= 15 is 0 Å². The van der Waals surface area contributed by atoms with Crippen LogP contribution in [0.15, 0.2) is 71.6 Å². The maximum Gasteiger partial charge on any atom is 0.330 e. The number of hydrogen-bond donors (Lipinski definition) is 0. The molecule has 5 nitrogen and oxygen atoms in total. The van der Waals surface area contributed by atoms with Crippen molar-refractivity contribution in [3.8, 4) is 22.6 Å². The third-order valence-electron chi connectivity index (χ3n) is 5.15. The molecule has 3 aromatic rings. The zero-order valence-corrected chi connectivity index (χ0v) is 16.9. The summed E-state index contributed by atoms with van der Waals surface area (Å²) >= 11 is 0. The number of carbonyl (C=O) groups is 1. The average Bonchev–Trinajstić information content (AvgIpc) is 2.73. The molecule has 29 heavy (non-hydrogen) atoms. The van der Waals surface area contributed by atoms with E-state index in [1.54, 1.807) is 49.6 Å². The highest BCUT2D eigenvalue weighted by Gasteiger charge is 2.39. The number of benzene rings is 3. The third kappa shape index (κ3) is 3.51.